The van der Waals surface area contributed by atoms with Gasteiger partial charge in [-0.1, -0.05) is 11.6 Å². The molecule has 0 radical (unpaired) electrons. The SMILES string of the molecule is O=c1c(Cl)c(NCC2CCN(CC(F)(F)F)C2)cnn1-c1ccc(C(F)(F)F)cn1. The summed E-state index contributed by atoms with van der Waals surface area (Å²) in [6.45, 7) is -0.108. The molecule has 164 valence electrons. The highest BCUT2D eigenvalue weighted by atomic mass is 35.5. The van der Waals surface area contributed by atoms with Gasteiger partial charge in [-0.2, -0.15) is 36.1 Å². The van der Waals surface area contributed by atoms with E-state index in [1.807, 2.05) is 0 Å². The van der Waals surface area contributed by atoms with Gasteiger partial charge in [-0.05, 0) is 31.0 Å². The number of halogens is 7. The number of nitrogens with zero attached hydrogens (tertiary/aromatic N) is 4. The second-order valence-electron chi connectivity index (χ2n) is 6.88. The van der Waals surface area contributed by atoms with Gasteiger partial charge in [0.15, 0.2) is 5.82 Å². The van der Waals surface area contributed by atoms with Crippen molar-refractivity contribution >= 4 is 17.3 Å². The first-order chi connectivity index (χ1) is 13.9. The van der Waals surface area contributed by atoms with Gasteiger partial charge in [-0.25, -0.2) is 4.98 Å². The molecule has 1 N–H and O–H groups in total. The number of pyridine rings is 1. The first kappa shape index (κ1) is 22.3. The lowest BCUT2D eigenvalue weighted by Gasteiger charge is -2.18. The Kier molecular flexibility index (Phi) is 6.27. The van der Waals surface area contributed by atoms with Crippen molar-refractivity contribution < 1.29 is 26.3 Å². The quantitative estimate of drug-likeness (QED) is 0.698. The Balaban J connectivity index is 1.66. The molecule has 30 heavy (non-hydrogen) atoms. The van der Waals surface area contributed by atoms with Crippen LogP contribution in [0.3, 0.4) is 0 Å². The highest BCUT2D eigenvalue weighted by Crippen LogP contribution is 2.29. The minimum absolute atomic E-state index is 0.0672. The van der Waals surface area contributed by atoms with Crippen LogP contribution < -0.4 is 10.9 Å². The van der Waals surface area contributed by atoms with E-state index in [4.69, 9.17) is 11.6 Å². The summed E-state index contributed by atoms with van der Waals surface area (Å²) >= 11 is 6.05. The van der Waals surface area contributed by atoms with Crippen LogP contribution in [0, 0.1) is 5.92 Å². The Bertz CT molecular complexity index is 944. The number of hydrogen-bond donors (Lipinski definition) is 1. The number of hydrogen-bond acceptors (Lipinski definition) is 5. The van der Waals surface area contributed by atoms with Gasteiger partial charge < -0.3 is 5.32 Å². The van der Waals surface area contributed by atoms with Gasteiger partial charge in [0.25, 0.3) is 5.56 Å². The monoisotopic (exact) mass is 455 g/mol. The van der Waals surface area contributed by atoms with Crippen LogP contribution in [0.4, 0.5) is 32.0 Å². The zero-order chi connectivity index (χ0) is 22.1. The number of rotatable bonds is 5. The standard InChI is InChI=1S/C17H16ClF6N5O/c18-14-12(25-5-10-3-4-28(8-10)9-16(19,20)21)7-27-29(15(14)30)13-2-1-11(6-26-13)17(22,23)24/h1-2,6-7,10,25H,3-5,8-9H2. The lowest BCUT2D eigenvalue weighted by molar-refractivity contribution is -0.143. The fourth-order valence-electron chi connectivity index (χ4n) is 3.13. The van der Waals surface area contributed by atoms with Crippen LogP contribution in [-0.2, 0) is 6.18 Å². The van der Waals surface area contributed by atoms with Crippen molar-refractivity contribution in [2.24, 2.45) is 5.92 Å². The zero-order valence-corrected chi connectivity index (χ0v) is 16.0. The molecule has 0 spiro atoms. The van der Waals surface area contributed by atoms with E-state index in [-0.39, 0.29) is 35.5 Å². The van der Waals surface area contributed by atoms with E-state index in [2.05, 4.69) is 15.4 Å². The van der Waals surface area contributed by atoms with Gasteiger partial charge in [0.2, 0.25) is 0 Å². The summed E-state index contributed by atoms with van der Waals surface area (Å²) in [5, 5.41) is 6.51. The van der Waals surface area contributed by atoms with Crippen LogP contribution in [0.25, 0.3) is 5.82 Å². The van der Waals surface area contributed by atoms with Crippen molar-refractivity contribution in [2.45, 2.75) is 18.8 Å². The van der Waals surface area contributed by atoms with Crippen LogP contribution in [0.2, 0.25) is 5.02 Å². The van der Waals surface area contributed by atoms with E-state index < -0.39 is 30.0 Å². The predicted octanol–water partition coefficient (Wildman–Crippen LogP) is 3.60. The van der Waals surface area contributed by atoms with Crippen LogP contribution in [-0.4, -0.2) is 52.0 Å². The Hall–Kier alpha value is -2.34. The minimum Gasteiger partial charge on any atom is -0.382 e. The van der Waals surface area contributed by atoms with Crippen LogP contribution in [0.15, 0.2) is 29.3 Å². The highest BCUT2D eigenvalue weighted by Gasteiger charge is 2.34. The topological polar surface area (TPSA) is 63.1 Å². The van der Waals surface area contributed by atoms with Gasteiger partial charge in [-0.15, -0.1) is 0 Å². The number of anilines is 1. The smallest absolute Gasteiger partial charge is 0.382 e. The number of nitrogens with one attached hydrogen (secondary N) is 1. The summed E-state index contributed by atoms with van der Waals surface area (Å²) < 4.78 is 76.0. The van der Waals surface area contributed by atoms with Gasteiger partial charge in [0.05, 0.1) is 24.0 Å². The largest absolute Gasteiger partial charge is 0.417 e. The molecule has 0 saturated carbocycles. The number of likely N-dealkylation sites (tertiary alicyclic amines) is 1. The van der Waals surface area contributed by atoms with E-state index >= 15 is 0 Å². The van der Waals surface area contributed by atoms with E-state index in [1.165, 1.54) is 11.1 Å². The summed E-state index contributed by atoms with van der Waals surface area (Å²) in [4.78, 5) is 17.3. The number of alkyl halides is 6. The third-order valence-electron chi connectivity index (χ3n) is 4.57. The molecule has 0 bridgehead atoms. The minimum atomic E-state index is -4.56. The Morgan fingerprint density at radius 2 is 1.90 bits per heavy atom. The molecule has 13 heteroatoms. The third kappa shape index (κ3) is 5.42. The summed E-state index contributed by atoms with van der Waals surface area (Å²) in [6.07, 6.45) is -6.47. The summed E-state index contributed by atoms with van der Waals surface area (Å²) in [5.41, 5.74) is -1.59. The van der Waals surface area contributed by atoms with E-state index in [9.17, 15) is 31.1 Å². The lowest BCUT2D eigenvalue weighted by Crippen LogP contribution is -2.33. The highest BCUT2D eigenvalue weighted by molar-refractivity contribution is 6.32. The molecule has 2 aromatic rings. The first-order valence-electron chi connectivity index (χ1n) is 8.78. The third-order valence-corrected chi connectivity index (χ3v) is 4.93. The molecule has 1 saturated heterocycles. The molecule has 1 aliphatic heterocycles. The molecule has 1 aliphatic rings. The normalized spacial score (nSPS) is 18.0. The molecular weight excluding hydrogens is 440 g/mol. The van der Waals surface area contributed by atoms with Crippen molar-refractivity contribution in [1.82, 2.24) is 19.7 Å². The van der Waals surface area contributed by atoms with E-state index in [0.717, 1.165) is 16.8 Å². The first-order valence-corrected chi connectivity index (χ1v) is 9.16. The van der Waals surface area contributed by atoms with Gasteiger partial charge >= 0.3 is 12.4 Å². The second kappa shape index (κ2) is 8.42. The van der Waals surface area contributed by atoms with E-state index in [1.54, 1.807) is 0 Å². The van der Waals surface area contributed by atoms with Crippen LogP contribution >= 0.6 is 11.6 Å². The molecule has 3 heterocycles. The van der Waals surface area contributed by atoms with Crippen molar-refractivity contribution in [3.05, 3.63) is 45.5 Å². The average Bonchev–Trinajstić information content (AvgIpc) is 3.08. The van der Waals surface area contributed by atoms with Crippen molar-refractivity contribution in [3.63, 3.8) is 0 Å². The summed E-state index contributed by atoms with van der Waals surface area (Å²) in [5.74, 6) is -0.206. The van der Waals surface area contributed by atoms with Crippen molar-refractivity contribution in [2.75, 3.05) is 31.5 Å². The second-order valence-corrected chi connectivity index (χ2v) is 7.26. The van der Waals surface area contributed by atoms with E-state index in [0.29, 0.717) is 19.2 Å². The Morgan fingerprint density at radius 3 is 2.50 bits per heavy atom. The van der Waals surface area contributed by atoms with Crippen molar-refractivity contribution in [1.29, 1.82) is 0 Å². The molecule has 6 nitrogen and oxygen atoms in total. The van der Waals surface area contributed by atoms with Gasteiger partial charge in [0.1, 0.15) is 5.02 Å². The zero-order valence-electron chi connectivity index (χ0n) is 15.3. The molecular formula is C17H16ClF6N5O. The summed E-state index contributed by atoms with van der Waals surface area (Å²) in [6, 6.07) is 1.76. The summed E-state index contributed by atoms with van der Waals surface area (Å²) in [7, 11) is 0. The fraction of sp³-hybridized carbons (Fsp3) is 0.471. The Labute approximate surface area is 171 Å². The van der Waals surface area contributed by atoms with Gasteiger partial charge in [-0.3, -0.25) is 9.69 Å². The molecule has 1 atom stereocenters. The van der Waals surface area contributed by atoms with Crippen molar-refractivity contribution in [3.8, 4) is 5.82 Å². The average molecular weight is 456 g/mol. The maximum absolute atomic E-state index is 12.6. The Morgan fingerprint density at radius 1 is 1.17 bits per heavy atom. The molecule has 0 aromatic carbocycles. The van der Waals surface area contributed by atoms with Crippen LogP contribution in [0.1, 0.15) is 12.0 Å². The predicted molar refractivity (Wildman–Crippen MR) is 96.7 cm³/mol. The molecule has 1 unspecified atom stereocenters. The molecule has 0 aliphatic carbocycles. The lowest BCUT2D eigenvalue weighted by atomic mass is 10.1. The molecule has 1 fully saturated rings. The van der Waals surface area contributed by atoms with Crippen LogP contribution in [0.5, 0.6) is 0 Å². The molecule has 2 aromatic heterocycles. The molecule has 0 amide bonds. The maximum atomic E-state index is 12.6. The van der Waals surface area contributed by atoms with Gasteiger partial charge in [0, 0.05) is 19.3 Å². The molecule has 3 rings (SSSR count). The number of aromatic nitrogens is 3. The maximum Gasteiger partial charge on any atom is 0.417 e. The fourth-order valence-corrected chi connectivity index (χ4v) is 3.32.